The van der Waals surface area contributed by atoms with E-state index in [4.69, 9.17) is 5.11 Å². The molecule has 5 nitrogen and oxygen atoms in total. The predicted octanol–water partition coefficient (Wildman–Crippen LogP) is 0.308. The summed E-state index contributed by atoms with van der Waals surface area (Å²) in [6.07, 6.45) is 0.828. The minimum atomic E-state index is -0.817. The van der Waals surface area contributed by atoms with Crippen LogP contribution in [0, 0.1) is 5.41 Å². The molecule has 1 rings (SSSR count). The number of aliphatic carboxylic acids is 1. The third kappa shape index (κ3) is 3.81. The van der Waals surface area contributed by atoms with Gasteiger partial charge in [-0.05, 0) is 6.42 Å². The lowest BCUT2D eigenvalue weighted by Crippen LogP contribution is -2.43. The van der Waals surface area contributed by atoms with E-state index in [1.807, 2.05) is 25.7 Å². The summed E-state index contributed by atoms with van der Waals surface area (Å²) in [7, 11) is 0. The van der Waals surface area contributed by atoms with Gasteiger partial charge in [-0.15, -0.1) is 0 Å². The van der Waals surface area contributed by atoms with E-state index in [-0.39, 0.29) is 23.9 Å². The van der Waals surface area contributed by atoms with Gasteiger partial charge >= 0.3 is 5.97 Å². The second-order valence-corrected chi connectivity index (χ2v) is 5.34. The molecule has 0 radical (unpaired) electrons. The van der Waals surface area contributed by atoms with Gasteiger partial charge in [0.05, 0.1) is 6.54 Å². The molecule has 1 saturated heterocycles. The smallest absolute Gasteiger partial charge is 0.317 e. The molecule has 0 unspecified atom stereocenters. The minimum absolute atomic E-state index is 0.0228. The van der Waals surface area contributed by atoms with Crippen LogP contribution in [-0.2, 0) is 9.59 Å². The van der Waals surface area contributed by atoms with Crippen LogP contribution in [0.3, 0.4) is 0 Å². The van der Waals surface area contributed by atoms with Crippen molar-refractivity contribution in [2.45, 2.75) is 33.2 Å². The van der Waals surface area contributed by atoms with Crippen LogP contribution >= 0.6 is 0 Å². The van der Waals surface area contributed by atoms with Crippen LogP contribution in [0.1, 0.15) is 27.2 Å². The number of carboxylic acid groups (broad SMARTS) is 1. The van der Waals surface area contributed by atoms with Crippen LogP contribution in [0.5, 0.6) is 0 Å². The lowest BCUT2D eigenvalue weighted by molar-refractivity contribution is -0.138. The first-order valence-electron chi connectivity index (χ1n) is 5.54. The highest BCUT2D eigenvalue weighted by molar-refractivity contribution is 5.81. The largest absolute Gasteiger partial charge is 0.480 e. The molecule has 1 aliphatic rings. The van der Waals surface area contributed by atoms with Crippen LogP contribution in [-0.4, -0.2) is 47.6 Å². The molecular weight excluding hydrogens is 208 g/mol. The van der Waals surface area contributed by atoms with Crippen molar-refractivity contribution in [2.24, 2.45) is 5.41 Å². The Bertz CT molecular complexity index is 283. The Morgan fingerprint density at radius 3 is 2.56 bits per heavy atom. The van der Waals surface area contributed by atoms with E-state index >= 15 is 0 Å². The molecule has 5 heteroatoms. The van der Waals surface area contributed by atoms with Crippen LogP contribution in [0.4, 0.5) is 0 Å². The highest BCUT2D eigenvalue weighted by Gasteiger charge is 2.28. The van der Waals surface area contributed by atoms with Crippen molar-refractivity contribution >= 4 is 11.9 Å². The first-order chi connectivity index (χ1) is 7.29. The summed E-state index contributed by atoms with van der Waals surface area (Å²) in [5.74, 6) is -0.794. The van der Waals surface area contributed by atoms with Gasteiger partial charge in [0, 0.05) is 24.5 Å². The maximum absolute atomic E-state index is 11.7. The predicted molar refractivity (Wildman–Crippen MR) is 60.1 cm³/mol. The normalized spacial score (nSPS) is 22.1. The third-order valence-electron chi connectivity index (χ3n) is 2.65. The third-order valence-corrected chi connectivity index (χ3v) is 2.65. The maximum Gasteiger partial charge on any atom is 0.317 e. The Morgan fingerprint density at radius 1 is 1.44 bits per heavy atom. The molecule has 1 aliphatic heterocycles. The lowest BCUT2D eigenvalue weighted by atomic mass is 9.95. The summed E-state index contributed by atoms with van der Waals surface area (Å²) in [5, 5.41) is 11.6. The molecule has 0 saturated carbocycles. The SMILES string of the molecule is CC(C)(C)C(=O)N[C@@H]1CCN(CC(=O)O)C1. The number of hydrogen-bond acceptors (Lipinski definition) is 3. The molecule has 1 heterocycles. The number of carboxylic acids is 1. The monoisotopic (exact) mass is 228 g/mol. The van der Waals surface area contributed by atoms with Crippen molar-refractivity contribution in [3.8, 4) is 0 Å². The van der Waals surface area contributed by atoms with E-state index in [1.165, 1.54) is 0 Å². The van der Waals surface area contributed by atoms with Gasteiger partial charge < -0.3 is 10.4 Å². The van der Waals surface area contributed by atoms with Crippen molar-refractivity contribution in [3.63, 3.8) is 0 Å². The number of amides is 1. The minimum Gasteiger partial charge on any atom is -0.480 e. The van der Waals surface area contributed by atoms with Gasteiger partial charge in [-0.1, -0.05) is 20.8 Å². The van der Waals surface area contributed by atoms with Gasteiger partial charge in [0.25, 0.3) is 0 Å². The van der Waals surface area contributed by atoms with Crippen LogP contribution in [0.25, 0.3) is 0 Å². The number of hydrogen-bond donors (Lipinski definition) is 2. The molecule has 0 aliphatic carbocycles. The number of carbonyl (C=O) groups excluding carboxylic acids is 1. The summed E-state index contributed by atoms with van der Waals surface area (Å²) in [6, 6.07) is 0.0890. The number of nitrogens with zero attached hydrogens (tertiary/aromatic N) is 1. The van der Waals surface area contributed by atoms with E-state index < -0.39 is 5.97 Å². The molecule has 0 aromatic rings. The molecule has 0 aromatic heterocycles. The van der Waals surface area contributed by atoms with Crippen molar-refractivity contribution in [3.05, 3.63) is 0 Å². The fourth-order valence-electron chi connectivity index (χ4n) is 1.69. The standard InChI is InChI=1S/C11H20N2O3/c1-11(2,3)10(16)12-8-4-5-13(6-8)7-9(14)15/h8H,4-7H2,1-3H3,(H,12,16)(H,14,15)/t8-/m1/s1. The Labute approximate surface area is 95.8 Å². The van der Waals surface area contributed by atoms with E-state index in [2.05, 4.69) is 5.32 Å². The average Bonchev–Trinajstić information content (AvgIpc) is 2.49. The molecule has 1 atom stereocenters. The van der Waals surface area contributed by atoms with Gasteiger partial charge in [-0.3, -0.25) is 14.5 Å². The van der Waals surface area contributed by atoms with Gasteiger partial charge in [0.2, 0.25) is 5.91 Å². The highest BCUT2D eigenvalue weighted by atomic mass is 16.4. The maximum atomic E-state index is 11.7. The number of rotatable bonds is 3. The van der Waals surface area contributed by atoms with Gasteiger partial charge in [0.15, 0.2) is 0 Å². The summed E-state index contributed by atoms with van der Waals surface area (Å²) >= 11 is 0. The highest BCUT2D eigenvalue weighted by Crippen LogP contribution is 2.15. The van der Waals surface area contributed by atoms with Crippen LogP contribution < -0.4 is 5.32 Å². The molecule has 16 heavy (non-hydrogen) atoms. The Morgan fingerprint density at radius 2 is 2.06 bits per heavy atom. The van der Waals surface area contributed by atoms with E-state index in [0.29, 0.717) is 6.54 Å². The van der Waals surface area contributed by atoms with Crippen molar-refractivity contribution in [1.82, 2.24) is 10.2 Å². The second kappa shape index (κ2) is 4.82. The Balaban J connectivity index is 2.37. The quantitative estimate of drug-likeness (QED) is 0.729. The zero-order valence-corrected chi connectivity index (χ0v) is 10.1. The van der Waals surface area contributed by atoms with Gasteiger partial charge in [0.1, 0.15) is 0 Å². The Hall–Kier alpha value is -1.10. The molecule has 2 N–H and O–H groups in total. The summed E-state index contributed by atoms with van der Waals surface area (Å²) in [6.45, 7) is 7.03. The fourth-order valence-corrected chi connectivity index (χ4v) is 1.69. The topological polar surface area (TPSA) is 69.6 Å². The van der Waals surface area contributed by atoms with E-state index in [0.717, 1.165) is 13.0 Å². The molecular formula is C11H20N2O3. The average molecular weight is 228 g/mol. The summed E-state index contributed by atoms with van der Waals surface area (Å²) < 4.78 is 0. The second-order valence-electron chi connectivity index (χ2n) is 5.34. The van der Waals surface area contributed by atoms with E-state index in [1.54, 1.807) is 0 Å². The molecule has 0 spiro atoms. The molecule has 0 bridgehead atoms. The van der Waals surface area contributed by atoms with Crippen molar-refractivity contribution in [1.29, 1.82) is 0 Å². The van der Waals surface area contributed by atoms with Gasteiger partial charge in [-0.2, -0.15) is 0 Å². The first kappa shape index (κ1) is 13.0. The van der Waals surface area contributed by atoms with Crippen molar-refractivity contribution in [2.75, 3.05) is 19.6 Å². The zero-order valence-electron chi connectivity index (χ0n) is 10.1. The van der Waals surface area contributed by atoms with Crippen LogP contribution in [0.15, 0.2) is 0 Å². The number of carbonyl (C=O) groups is 2. The Kier molecular flexibility index (Phi) is 3.91. The van der Waals surface area contributed by atoms with Gasteiger partial charge in [-0.25, -0.2) is 0 Å². The fraction of sp³-hybridized carbons (Fsp3) is 0.818. The molecule has 1 amide bonds. The molecule has 1 fully saturated rings. The van der Waals surface area contributed by atoms with Crippen molar-refractivity contribution < 1.29 is 14.7 Å². The molecule has 92 valence electrons. The number of nitrogens with one attached hydrogen (secondary N) is 1. The first-order valence-corrected chi connectivity index (χ1v) is 5.54. The lowest BCUT2D eigenvalue weighted by Gasteiger charge is -2.21. The zero-order chi connectivity index (χ0) is 12.3. The van der Waals surface area contributed by atoms with E-state index in [9.17, 15) is 9.59 Å². The van der Waals surface area contributed by atoms with Crippen LogP contribution in [0.2, 0.25) is 0 Å². The summed E-state index contributed by atoms with van der Waals surface area (Å²) in [5.41, 5.74) is -0.389. The molecule has 0 aromatic carbocycles. The number of likely N-dealkylation sites (tertiary alicyclic amines) is 1. The summed E-state index contributed by atoms with van der Waals surface area (Å²) in [4.78, 5) is 24.1.